The van der Waals surface area contributed by atoms with Crippen LogP contribution in [0.4, 0.5) is 0 Å². The highest BCUT2D eigenvalue weighted by Crippen LogP contribution is 2.37. The minimum Gasteiger partial charge on any atom is -0.493 e. The second kappa shape index (κ2) is 7.26. The fourth-order valence-corrected chi connectivity index (χ4v) is 2.40. The van der Waals surface area contributed by atoms with Gasteiger partial charge in [-0.2, -0.15) is 0 Å². The van der Waals surface area contributed by atoms with Crippen LogP contribution in [0, 0.1) is 0 Å². The van der Waals surface area contributed by atoms with Crippen molar-refractivity contribution in [1.29, 1.82) is 0 Å². The van der Waals surface area contributed by atoms with Crippen molar-refractivity contribution in [2.75, 3.05) is 20.3 Å². The Morgan fingerprint density at radius 2 is 2.20 bits per heavy atom. The van der Waals surface area contributed by atoms with Gasteiger partial charge in [-0.15, -0.1) is 0 Å². The molecule has 0 aromatic heterocycles. The van der Waals surface area contributed by atoms with Gasteiger partial charge in [0.2, 0.25) is 0 Å². The number of nitrogens with one attached hydrogen (secondary N) is 1. The maximum atomic E-state index is 9.34. The van der Waals surface area contributed by atoms with E-state index < -0.39 is 6.10 Å². The van der Waals surface area contributed by atoms with Crippen LogP contribution < -0.4 is 14.8 Å². The van der Waals surface area contributed by atoms with E-state index in [1.165, 1.54) is 12.8 Å². The zero-order valence-electron chi connectivity index (χ0n) is 11.4. The highest BCUT2D eigenvalue weighted by Gasteiger charge is 2.20. The first kappa shape index (κ1) is 15.6. The Hall–Kier alpha value is -0.820. The smallest absolute Gasteiger partial charge is 0.175 e. The molecule has 0 aliphatic heterocycles. The average Bonchev–Trinajstić information content (AvgIpc) is 3.27. The Kier molecular flexibility index (Phi) is 5.65. The molecule has 20 heavy (non-hydrogen) atoms. The standard InChI is InChI=1S/C14H20BrNO4/c1-19-13-5-9(6-16-10-2-3-10)4-12(15)14(13)20-8-11(18)7-17/h4-5,10-11,16-18H,2-3,6-8H2,1H3. The fraction of sp³-hybridized carbons (Fsp3) is 0.571. The van der Waals surface area contributed by atoms with Crippen molar-refractivity contribution >= 4 is 15.9 Å². The molecule has 0 bridgehead atoms. The lowest BCUT2D eigenvalue weighted by Gasteiger charge is -2.16. The van der Waals surface area contributed by atoms with Crippen LogP contribution in [0.3, 0.4) is 0 Å². The van der Waals surface area contributed by atoms with E-state index in [-0.39, 0.29) is 13.2 Å². The number of benzene rings is 1. The molecule has 0 heterocycles. The van der Waals surface area contributed by atoms with Crippen LogP contribution in [0.5, 0.6) is 11.5 Å². The summed E-state index contributed by atoms with van der Waals surface area (Å²) >= 11 is 3.46. The summed E-state index contributed by atoms with van der Waals surface area (Å²) in [6.45, 7) is 0.480. The van der Waals surface area contributed by atoms with Crippen LogP contribution in [0.25, 0.3) is 0 Å². The molecule has 6 heteroatoms. The van der Waals surface area contributed by atoms with Gasteiger partial charge in [0.1, 0.15) is 12.7 Å². The molecular formula is C14H20BrNO4. The van der Waals surface area contributed by atoms with Gasteiger partial charge in [0.05, 0.1) is 18.2 Å². The quantitative estimate of drug-likeness (QED) is 0.665. The molecule has 1 atom stereocenters. The first-order chi connectivity index (χ1) is 9.63. The van der Waals surface area contributed by atoms with E-state index in [4.69, 9.17) is 14.6 Å². The highest BCUT2D eigenvalue weighted by molar-refractivity contribution is 9.10. The van der Waals surface area contributed by atoms with Crippen molar-refractivity contribution in [3.63, 3.8) is 0 Å². The van der Waals surface area contributed by atoms with E-state index in [0.29, 0.717) is 17.5 Å². The Morgan fingerprint density at radius 1 is 1.45 bits per heavy atom. The third-order valence-electron chi connectivity index (χ3n) is 3.09. The van der Waals surface area contributed by atoms with E-state index in [9.17, 15) is 5.11 Å². The third kappa shape index (κ3) is 4.34. The van der Waals surface area contributed by atoms with E-state index >= 15 is 0 Å². The molecule has 1 aliphatic rings. The Balaban J connectivity index is 2.05. The number of halogens is 1. The number of aliphatic hydroxyl groups is 2. The first-order valence-corrected chi connectivity index (χ1v) is 7.45. The van der Waals surface area contributed by atoms with Gasteiger partial charge in [0.25, 0.3) is 0 Å². The summed E-state index contributed by atoms with van der Waals surface area (Å²) in [7, 11) is 1.58. The first-order valence-electron chi connectivity index (χ1n) is 6.65. The number of hydrogen-bond acceptors (Lipinski definition) is 5. The highest BCUT2D eigenvalue weighted by atomic mass is 79.9. The second-order valence-electron chi connectivity index (χ2n) is 4.91. The number of rotatable bonds is 8. The minimum absolute atomic E-state index is 0.0190. The molecule has 112 valence electrons. The molecule has 3 N–H and O–H groups in total. The number of methoxy groups -OCH3 is 1. The third-order valence-corrected chi connectivity index (χ3v) is 3.68. The monoisotopic (exact) mass is 345 g/mol. The molecule has 1 unspecified atom stereocenters. The van der Waals surface area contributed by atoms with Crippen LogP contribution in [0.15, 0.2) is 16.6 Å². The number of aliphatic hydroxyl groups excluding tert-OH is 2. The van der Waals surface area contributed by atoms with Gasteiger partial charge in [-0.25, -0.2) is 0 Å². The summed E-state index contributed by atoms with van der Waals surface area (Å²) in [5, 5.41) is 21.6. The number of hydrogen-bond donors (Lipinski definition) is 3. The summed E-state index contributed by atoms with van der Waals surface area (Å²) < 4.78 is 11.6. The predicted molar refractivity (Wildman–Crippen MR) is 79.1 cm³/mol. The fourth-order valence-electron chi connectivity index (χ4n) is 1.80. The van der Waals surface area contributed by atoms with Crippen LogP contribution in [-0.4, -0.2) is 42.7 Å². The molecular weight excluding hydrogens is 326 g/mol. The molecule has 0 spiro atoms. The molecule has 0 amide bonds. The van der Waals surface area contributed by atoms with Crippen molar-refractivity contribution in [2.45, 2.75) is 31.5 Å². The van der Waals surface area contributed by atoms with Crippen molar-refractivity contribution in [3.05, 3.63) is 22.2 Å². The van der Waals surface area contributed by atoms with Gasteiger partial charge >= 0.3 is 0 Å². The molecule has 1 aromatic carbocycles. The zero-order chi connectivity index (χ0) is 14.5. The van der Waals surface area contributed by atoms with Gasteiger partial charge in [-0.05, 0) is 46.5 Å². The van der Waals surface area contributed by atoms with Crippen LogP contribution >= 0.6 is 15.9 Å². The lowest BCUT2D eigenvalue weighted by molar-refractivity contribution is 0.0524. The molecule has 2 rings (SSSR count). The van der Waals surface area contributed by atoms with Crippen molar-refractivity contribution < 1.29 is 19.7 Å². The minimum atomic E-state index is -0.900. The summed E-state index contributed by atoms with van der Waals surface area (Å²) in [6, 6.07) is 4.54. The molecule has 1 aliphatic carbocycles. The maximum absolute atomic E-state index is 9.34. The van der Waals surface area contributed by atoms with Crippen LogP contribution in [0.2, 0.25) is 0 Å². The Morgan fingerprint density at radius 3 is 2.80 bits per heavy atom. The largest absolute Gasteiger partial charge is 0.493 e. The predicted octanol–water partition coefficient (Wildman–Crippen LogP) is 1.44. The Labute approximate surface area is 127 Å². The van der Waals surface area contributed by atoms with Gasteiger partial charge < -0.3 is 25.0 Å². The lowest BCUT2D eigenvalue weighted by Crippen LogP contribution is -2.21. The molecule has 1 fully saturated rings. The van der Waals surface area contributed by atoms with Crippen molar-refractivity contribution in [1.82, 2.24) is 5.32 Å². The average molecular weight is 346 g/mol. The summed E-state index contributed by atoms with van der Waals surface area (Å²) in [4.78, 5) is 0. The lowest BCUT2D eigenvalue weighted by atomic mass is 10.2. The van der Waals surface area contributed by atoms with E-state index in [1.54, 1.807) is 7.11 Å². The zero-order valence-corrected chi connectivity index (χ0v) is 13.0. The van der Waals surface area contributed by atoms with Crippen molar-refractivity contribution in [2.24, 2.45) is 0 Å². The summed E-state index contributed by atoms with van der Waals surface area (Å²) in [5.41, 5.74) is 1.11. The van der Waals surface area contributed by atoms with E-state index in [1.807, 2.05) is 12.1 Å². The van der Waals surface area contributed by atoms with Gasteiger partial charge in [-0.1, -0.05) is 0 Å². The van der Waals surface area contributed by atoms with Gasteiger partial charge in [0, 0.05) is 12.6 Å². The van der Waals surface area contributed by atoms with E-state index in [2.05, 4.69) is 21.2 Å². The molecule has 0 saturated heterocycles. The normalized spacial score (nSPS) is 16.0. The van der Waals surface area contributed by atoms with Crippen molar-refractivity contribution in [3.8, 4) is 11.5 Å². The van der Waals surface area contributed by atoms with Crippen LogP contribution in [-0.2, 0) is 6.54 Å². The van der Waals surface area contributed by atoms with Crippen LogP contribution in [0.1, 0.15) is 18.4 Å². The van der Waals surface area contributed by atoms with E-state index in [0.717, 1.165) is 16.6 Å². The Bertz CT molecular complexity index is 451. The number of ether oxygens (including phenoxy) is 2. The molecule has 0 radical (unpaired) electrons. The molecule has 5 nitrogen and oxygen atoms in total. The second-order valence-corrected chi connectivity index (χ2v) is 5.77. The summed E-state index contributed by atoms with van der Waals surface area (Å²) in [6.07, 6.45) is 1.60. The topological polar surface area (TPSA) is 71.0 Å². The SMILES string of the molecule is COc1cc(CNC2CC2)cc(Br)c1OCC(O)CO. The summed E-state index contributed by atoms with van der Waals surface area (Å²) in [5.74, 6) is 1.15. The van der Waals surface area contributed by atoms with Gasteiger partial charge in [0.15, 0.2) is 11.5 Å². The molecule has 1 saturated carbocycles. The molecule has 1 aromatic rings. The van der Waals surface area contributed by atoms with Gasteiger partial charge in [-0.3, -0.25) is 0 Å². The maximum Gasteiger partial charge on any atom is 0.175 e.